The second-order valence-electron chi connectivity index (χ2n) is 7.76. The van der Waals surface area contributed by atoms with Crippen LogP contribution in [0, 0.1) is 12.8 Å². The predicted octanol–water partition coefficient (Wildman–Crippen LogP) is 3.60. The summed E-state index contributed by atoms with van der Waals surface area (Å²) in [6.45, 7) is 3.54. The lowest BCUT2D eigenvalue weighted by Gasteiger charge is -2.32. The topological polar surface area (TPSA) is 58.6 Å². The molecule has 3 rings (SSSR count). The second kappa shape index (κ2) is 10.1. The summed E-state index contributed by atoms with van der Waals surface area (Å²) in [5, 5.41) is 2.75. The molecule has 2 amide bonds. The highest BCUT2D eigenvalue weighted by Gasteiger charge is 2.23. The largest absolute Gasteiger partial charge is 0.497 e. The van der Waals surface area contributed by atoms with Crippen molar-refractivity contribution in [2.45, 2.75) is 32.6 Å². The van der Waals surface area contributed by atoms with Gasteiger partial charge in [-0.05, 0) is 68.4 Å². The summed E-state index contributed by atoms with van der Waals surface area (Å²) in [6, 6.07) is 15.6. The fourth-order valence-corrected chi connectivity index (χ4v) is 3.79. The maximum absolute atomic E-state index is 12.4. The van der Waals surface area contributed by atoms with E-state index in [1.165, 1.54) is 5.56 Å². The predicted molar refractivity (Wildman–Crippen MR) is 114 cm³/mol. The fraction of sp³-hybridized carbons (Fsp3) is 0.417. The van der Waals surface area contributed by atoms with E-state index in [1.807, 2.05) is 42.2 Å². The normalized spacial score (nSPS) is 14.5. The number of likely N-dealkylation sites (tertiary alicyclic amines) is 1. The molecule has 29 heavy (non-hydrogen) atoms. The molecule has 2 aromatic rings. The zero-order valence-electron chi connectivity index (χ0n) is 17.3. The molecule has 1 aliphatic heterocycles. The number of carbonyl (C=O) groups excluding carboxylic acids is 2. The summed E-state index contributed by atoms with van der Waals surface area (Å²) in [7, 11) is 1.68. The number of rotatable bonds is 7. The molecule has 1 fully saturated rings. The molecule has 2 aromatic carbocycles. The zero-order chi connectivity index (χ0) is 20.6. The van der Waals surface area contributed by atoms with Gasteiger partial charge in [0.25, 0.3) is 5.91 Å². The van der Waals surface area contributed by atoms with Crippen molar-refractivity contribution in [3.63, 3.8) is 0 Å². The third-order valence-corrected chi connectivity index (χ3v) is 5.65. The molecular formula is C24H30N2O3. The summed E-state index contributed by atoms with van der Waals surface area (Å²) in [4.78, 5) is 26.5. The van der Waals surface area contributed by atoms with Crippen LogP contribution in [-0.2, 0) is 11.2 Å². The van der Waals surface area contributed by atoms with Crippen LogP contribution in [0.4, 0.5) is 0 Å². The van der Waals surface area contributed by atoms with E-state index in [0.29, 0.717) is 11.5 Å². The van der Waals surface area contributed by atoms with Gasteiger partial charge in [0.05, 0.1) is 13.7 Å². The zero-order valence-corrected chi connectivity index (χ0v) is 17.3. The first-order valence-corrected chi connectivity index (χ1v) is 10.3. The molecule has 5 heteroatoms. The van der Waals surface area contributed by atoms with E-state index >= 15 is 0 Å². The highest BCUT2D eigenvalue weighted by atomic mass is 16.5. The Labute approximate surface area is 173 Å². The number of amides is 2. The standard InChI is InChI=1S/C24H30N2O3/c1-18-4-3-5-21(16-18)24(28)25-17-23(27)26-14-12-20(13-15-26)7-6-19-8-10-22(29-2)11-9-19/h3-5,8-11,16,20H,6-7,12-15,17H2,1-2H3,(H,25,28). The molecule has 1 heterocycles. The molecule has 0 saturated carbocycles. The number of piperidine rings is 1. The number of ether oxygens (including phenoxy) is 1. The minimum Gasteiger partial charge on any atom is -0.497 e. The minimum atomic E-state index is -0.198. The van der Waals surface area contributed by atoms with Crippen molar-refractivity contribution in [3.8, 4) is 5.75 Å². The van der Waals surface area contributed by atoms with E-state index < -0.39 is 0 Å². The third-order valence-electron chi connectivity index (χ3n) is 5.65. The lowest BCUT2D eigenvalue weighted by Crippen LogP contribution is -2.44. The van der Waals surface area contributed by atoms with E-state index in [1.54, 1.807) is 13.2 Å². The van der Waals surface area contributed by atoms with Crippen LogP contribution in [0.15, 0.2) is 48.5 Å². The molecule has 1 N–H and O–H groups in total. The monoisotopic (exact) mass is 394 g/mol. The first-order chi connectivity index (χ1) is 14.0. The van der Waals surface area contributed by atoms with Gasteiger partial charge in [-0.25, -0.2) is 0 Å². The van der Waals surface area contributed by atoms with Crippen LogP contribution in [-0.4, -0.2) is 43.5 Å². The quantitative estimate of drug-likeness (QED) is 0.781. The lowest BCUT2D eigenvalue weighted by molar-refractivity contribution is -0.131. The van der Waals surface area contributed by atoms with Gasteiger partial charge in [0, 0.05) is 18.7 Å². The Morgan fingerprint density at radius 1 is 1.10 bits per heavy atom. The van der Waals surface area contributed by atoms with Crippen molar-refractivity contribution in [1.82, 2.24) is 10.2 Å². The lowest BCUT2D eigenvalue weighted by atomic mass is 9.90. The summed E-state index contributed by atoms with van der Waals surface area (Å²) in [6.07, 6.45) is 4.23. The van der Waals surface area contributed by atoms with Crippen LogP contribution in [0.2, 0.25) is 0 Å². The number of nitrogens with zero attached hydrogens (tertiary/aromatic N) is 1. The van der Waals surface area contributed by atoms with Gasteiger partial charge in [0.15, 0.2) is 0 Å². The Balaban J connectivity index is 1.38. The van der Waals surface area contributed by atoms with Gasteiger partial charge in [-0.1, -0.05) is 29.8 Å². The third kappa shape index (κ3) is 6.08. The molecule has 0 atom stereocenters. The number of carbonyl (C=O) groups is 2. The molecule has 0 radical (unpaired) electrons. The van der Waals surface area contributed by atoms with Crippen LogP contribution in [0.25, 0.3) is 0 Å². The molecule has 0 aromatic heterocycles. The molecule has 1 saturated heterocycles. The molecular weight excluding hydrogens is 364 g/mol. The second-order valence-corrected chi connectivity index (χ2v) is 7.76. The van der Waals surface area contributed by atoms with Crippen LogP contribution < -0.4 is 10.1 Å². The van der Waals surface area contributed by atoms with E-state index in [4.69, 9.17) is 4.74 Å². The number of nitrogens with one attached hydrogen (secondary N) is 1. The van der Waals surface area contributed by atoms with Crippen molar-refractivity contribution < 1.29 is 14.3 Å². The maximum atomic E-state index is 12.4. The van der Waals surface area contributed by atoms with E-state index in [-0.39, 0.29) is 18.4 Å². The van der Waals surface area contributed by atoms with Crippen molar-refractivity contribution in [2.24, 2.45) is 5.92 Å². The van der Waals surface area contributed by atoms with Gasteiger partial charge in [0.2, 0.25) is 5.91 Å². The minimum absolute atomic E-state index is 0.000363. The van der Waals surface area contributed by atoms with E-state index in [2.05, 4.69) is 17.4 Å². The van der Waals surface area contributed by atoms with Crippen molar-refractivity contribution in [3.05, 3.63) is 65.2 Å². The highest BCUT2D eigenvalue weighted by Crippen LogP contribution is 2.23. The summed E-state index contributed by atoms with van der Waals surface area (Å²) in [5.74, 6) is 1.33. The van der Waals surface area contributed by atoms with Gasteiger partial charge in [-0.3, -0.25) is 9.59 Å². The van der Waals surface area contributed by atoms with Crippen molar-refractivity contribution >= 4 is 11.8 Å². The number of methoxy groups -OCH3 is 1. The number of benzene rings is 2. The number of hydrogen-bond acceptors (Lipinski definition) is 3. The Kier molecular flexibility index (Phi) is 7.28. The Bertz CT molecular complexity index is 824. The molecule has 5 nitrogen and oxygen atoms in total. The number of hydrogen-bond donors (Lipinski definition) is 1. The summed E-state index contributed by atoms with van der Waals surface area (Å²) >= 11 is 0. The highest BCUT2D eigenvalue weighted by molar-refractivity contribution is 5.96. The van der Waals surface area contributed by atoms with E-state index in [0.717, 1.165) is 50.1 Å². The van der Waals surface area contributed by atoms with Crippen LogP contribution in [0.3, 0.4) is 0 Å². The molecule has 154 valence electrons. The molecule has 0 aliphatic carbocycles. The first kappa shape index (κ1) is 20.9. The average Bonchev–Trinajstić information content (AvgIpc) is 2.76. The average molecular weight is 395 g/mol. The van der Waals surface area contributed by atoms with Crippen molar-refractivity contribution in [1.29, 1.82) is 0 Å². The molecule has 0 unspecified atom stereocenters. The Morgan fingerprint density at radius 2 is 1.83 bits per heavy atom. The van der Waals surface area contributed by atoms with Gasteiger partial charge in [-0.15, -0.1) is 0 Å². The van der Waals surface area contributed by atoms with Gasteiger partial charge in [0.1, 0.15) is 5.75 Å². The fourth-order valence-electron chi connectivity index (χ4n) is 3.79. The molecule has 0 spiro atoms. The molecule has 0 bridgehead atoms. The first-order valence-electron chi connectivity index (χ1n) is 10.3. The Morgan fingerprint density at radius 3 is 2.48 bits per heavy atom. The SMILES string of the molecule is COc1ccc(CCC2CCN(C(=O)CNC(=O)c3cccc(C)c3)CC2)cc1. The van der Waals surface area contributed by atoms with Crippen LogP contribution in [0.1, 0.15) is 40.7 Å². The molecule has 1 aliphatic rings. The van der Waals surface area contributed by atoms with Gasteiger partial charge in [-0.2, -0.15) is 0 Å². The van der Waals surface area contributed by atoms with Gasteiger partial charge < -0.3 is 15.0 Å². The Hall–Kier alpha value is -2.82. The smallest absolute Gasteiger partial charge is 0.251 e. The van der Waals surface area contributed by atoms with Crippen LogP contribution in [0.5, 0.6) is 5.75 Å². The van der Waals surface area contributed by atoms with E-state index in [9.17, 15) is 9.59 Å². The van der Waals surface area contributed by atoms with Crippen LogP contribution >= 0.6 is 0 Å². The van der Waals surface area contributed by atoms with Gasteiger partial charge >= 0.3 is 0 Å². The summed E-state index contributed by atoms with van der Waals surface area (Å²) in [5.41, 5.74) is 2.94. The number of aryl methyl sites for hydroxylation is 2. The summed E-state index contributed by atoms with van der Waals surface area (Å²) < 4.78 is 5.20. The van der Waals surface area contributed by atoms with Crippen molar-refractivity contribution in [2.75, 3.05) is 26.7 Å². The maximum Gasteiger partial charge on any atom is 0.251 e.